The molecule has 6 heteroatoms. The molecule has 0 aromatic heterocycles. The summed E-state index contributed by atoms with van der Waals surface area (Å²) in [6.45, 7) is 2.24. The van der Waals surface area contributed by atoms with Crippen molar-refractivity contribution in [2.75, 3.05) is 6.54 Å². The van der Waals surface area contributed by atoms with E-state index in [-0.39, 0.29) is 18.0 Å². The van der Waals surface area contributed by atoms with Gasteiger partial charge in [0.05, 0.1) is 6.42 Å². The highest BCUT2D eigenvalue weighted by molar-refractivity contribution is 6.12. The molecule has 0 bridgehead atoms. The minimum atomic E-state index is -1.05. The van der Waals surface area contributed by atoms with Crippen molar-refractivity contribution < 1.29 is 19.5 Å². The van der Waals surface area contributed by atoms with Crippen LogP contribution in [0, 0.1) is 0 Å². The second-order valence-corrected chi connectivity index (χ2v) is 4.62. The Hall–Kier alpha value is -1.95. The molecule has 1 aliphatic heterocycles. The summed E-state index contributed by atoms with van der Waals surface area (Å²) in [6, 6.07) is 0. The van der Waals surface area contributed by atoms with E-state index in [1.807, 2.05) is 0 Å². The number of hydrogen-bond acceptors (Lipinski definition) is 5. The van der Waals surface area contributed by atoms with Gasteiger partial charge >= 0.3 is 5.97 Å². The SMILES string of the molecule is CCC1(N2C=CCNC2C(=O)O)C=CC(=O)CC1=O. The standard InChI is InChI=1S/C13H16N2O4/c1-2-13(5-4-9(16)8-10(13)17)15-7-3-6-14-11(15)12(18)19/h3-5,7,11,14H,2,6,8H2,1H3,(H,18,19). The summed E-state index contributed by atoms with van der Waals surface area (Å²) in [5, 5.41) is 12.1. The monoisotopic (exact) mass is 264 g/mol. The van der Waals surface area contributed by atoms with E-state index in [2.05, 4.69) is 5.32 Å². The van der Waals surface area contributed by atoms with Gasteiger partial charge in [0.15, 0.2) is 17.7 Å². The highest BCUT2D eigenvalue weighted by Crippen LogP contribution is 2.30. The molecule has 19 heavy (non-hydrogen) atoms. The molecule has 2 aliphatic rings. The van der Waals surface area contributed by atoms with Crippen LogP contribution in [-0.4, -0.2) is 45.8 Å². The number of carboxylic acids is 1. The summed E-state index contributed by atoms with van der Waals surface area (Å²) in [7, 11) is 0. The number of nitrogens with zero attached hydrogens (tertiary/aromatic N) is 1. The number of Topliss-reactive ketones (excluding diaryl/α,β-unsaturated/α-hetero) is 1. The number of aliphatic carboxylic acids is 1. The fourth-order valence-electron chi connectivity index (χ4n) is 2.52. The molecule has 2 unspecified atom stereocenters. The minimum Gasteiger partial charge on any atom is -0.479 e. The third kappa shape index (κ3) is 2.19. The van der Waals surface area contributed by atoms with E-state index in [9.17, 15) is 19.5 Å². The van der Waals surface area contributed by atoms with Crippen LogP contribution < -0.4 is 5.32 Å². The lowest BCUT2D eigenvalue weighted by molar-refractivity contribution is -0.147. The molecule has 1 aliphatic carbocycles. The number of carbonyl (C=O) groups excluding carboxylic acids is 2. The zero-order valence-corrected chi connectivity index (χ0v) is 10.6. The van der Waals surface area contributed by atoms with Gasteiger partial charge in [0.1, 0.15) is 5.54 Å². The van der Waals surface area contributed by atoms with Gasteiger partial charge in [-0.15, -0.1) is 0 Å². The van der Waals surface area contributed by atoms with Crippen molar-refractivity contribution in [3.63, 3.8) is 0 Å². The third-order valence-electron chi connectivity index (χ3n) is 3.57. The Morgan fingerprint density at radius 2 is 2.32 bits per heavy atom. The van der Waals surface area contributed by atoms with Crippen LogP contribution in [0.1, 0.15) is 19.8 Å². The highest BCUT2D eigenvalue weighted by Gasteiger charge is 2.46. The Morgan fingerprint density at radius 3 is 2.89 bits per heavy atom. The first-order chi connectivity index (χ1) is 9.01. The van der Waals surface area contributed by atoms with Crippen LogP contribution in [0.4, 0.5) is 0 Å². The molecule has 1 heterocycles. The Labute approximate surface area is 110 Å². The van der Waals surface area contributed by atoms with Crippen molar-refractivity contribution in [2.45, 2.75) is 31.5 Å². The van der Waals surface area contributed by atoms with E-state index in [0.29, 0.717) is 13.0 Å². The van der Waals surface area contributed by atoms with Gasteiger partial charge in [0.25, 0.3) is 0 Å². The van der Waals surface area contributed by atoms with Gasteiger partial charge < -0.3 is 10.0 Å². The van der Waals surface area contributed by atoms with Crippen molar-refractivity contribution in [3.8, 4) is 0 Å². The van der Waals surface area contributed by atoms with Crippen molar-refractivity contribution >= 4 is 17.5 Å². The van der Waals surface area contributed by atoms with Gasteiger partial charge in [0, 0.05) is 6.54 Å². The van der Waals surface area contributed by atoms with E-state index in [0.717, 1.165) is 0 Å². The fraction of sp³-hybridized carbons (Fsp3) is 0.462. The number of rotatable bonds is 3. The van der Waals surface area contributed by atoms with Crippen LogP contribution in [0.15, 0.2) is 24.4 Å². The normalized spacial score (nSPS) is 30.8. The second-order valence-electron chi connectivity index (χ2n) is 4.62. The van der Waals surface area contributed by atoms with Crippen molar-refractivity contribution in [3.05, 3.63) is 24.4 Å². The summed E-state index contributed by atoms with van der Waals surface area (Å²) in [5.41, 5.74) is -1.05. The Bertz CT molecular complexity index is 483. The molecule has 0 radical (unpaired) electrons. The lowest BCUT2D eigenvalue weighted by Crippen LogP contribution is -2.63. The molecule has 0 amide bonds. The predicted molar refractivity (Wildman–Crippen MR) is 67.2 cm³/mol. The quantitative estimate of drug-likeness (QED) is 0.701. The maximum Gasteiger partial charge on any atom is 0.341 e. The van der Waals surface area contributed by atoms with Crippen LogP contribution in [0.2, 0.25) is 0 Å². The van der Waals surface area contributed by atoms with Crippen LogP contribution in [0.25, 0.3) is 0 Å². The second kappa shape index (κ2) is 4.97. The highest BCUT2D eigenvalue weighted by atomic mass is 16.4. The summed E-state index contributed by atoms with van der Waals surface area (Å²) in [4.78, 5) is 36.3. The molecular formula is C13H16N2O4. The summed E-state index contributed by atoms with van der Waals surface area (Å²) >= 11 is 0. The topological polar surface area (TPSA) is 86.7 Å². The number of carboxylic acid groups (broad SMARTS) is 1. The number of ketones is 2. The minimum absolute atomic E-state index is 0.180. The lowest BCUT2D eigenvalue weighted by atomic mass is 9.81. The molecular weight excluding hydrogens is 248 g/mol. The molecule has 0 saturated heterocycles. The smallest absolute Gasteiger partial charge is 0.341 e. The van der Waals surface area contributed by atoms with E-state index in [1.54, 1.807) is 19.2 Å². The maximum atomic E-state index is 12.3. The van der Waals surface area contributed by atoms with Crippen molar-refractivity contribution in [2.24, 2.45) is 0 Å². The molecule has 2 rings (SSSR count). The van der Waals surface area contributed by atoms with Gasteiger partial charge in [-0.2, -0.15) is 0 Å². The lowest BCUT2D eigenvalue weighted by Gasteiger charge is -2.45. The van der Waals surface area contributed by atoms with E-state index in [4.69, 9.17) is 0 Å². The van der Waals surface area contributed by atoms with Gasteiger partial charge in [-0.05, 0) is 24.8 Å². The Balaban J connectivity index is 2.45. The van der Waals surface area contributed by atoms with Gasteiger partial charge in [-0.3, -0.25) is 14.9 Å². The summed E-state index contributed by atoms with van der Waals surface area (Å²) < 4.78 is 0. The molecule has 2 atom stereocenters. The zero-order valence-electron chi connectivity index (χ0n) is 10.6. The average Bonchev–Trinajstić information content (AvgIpc) is 2.39. The molecule has 0 fully saturated rings. The summed E-state index contributed by atoms with van der Waals surface area (Å²) in [5.74, 6) is -1.55. The van der Waals surface area contributed by atoms with Crippen LogP contribution in [-0.2, 0) is 14.4 Å². The Morgan fingerprint density at radius 1 is 1.58 bits per heavy atom. The van der Waals surface area contributed by atoms with Gasteiger partial charge in [-0.25, -0.2) is 4.79 Å². The first-order valence-electron chi connectivity index (χ1n) is 6.18. The molecule has 6 nitrogen and oxygen atoms in total. The number of carbonyl (C=O) groups is 3. The predicted octanol–water partition coefficient (Wildman–Crippen LogP) is 0.0629. The average molecular weight is 264 g/mol. The van der Waals surface area contributed by atoms with Gasteiger partial charge in [-0.1, -0.05) is 13.0 Å². The van der Waals surface area contributed by atoms with Crippen molar-refractivity contribution in [1.82, 2.24) is 10.2 Å². The molecule has 0 spiro atoms. The third-order valence-corrected chi connectivity index (χ3v) is 3.57. The largest absolute Gasteiger partial charge is 0.479 e. The first kappa shape index (κ1) is 13.5. The zero-order chi connectivity index (χ0) is 14.0. The van der Waals surface area contributed by atoms with Crippen molar-refractivity contribution in [1.29, 1.82) is 0 Å². The first-order valence-corrected chi connectivity index (χ1v) is 6.18. The van der Waals surface area contributed by atoms with Gasteiger partial charge in [0.2, 0.25) is 0 Å². The molecule has 2 N–H and O–H groups in total. The number of allylic oxidation sites excluding steroid dienone is 1. The van der Waals surface area contributed by atoms with Crippen LogP contribution >= 0.6 is 0 Å². The number of hydrogen-bond donors (Lipinski definition) is 2. The Kier molecular flexibility index (Phi) is 3.53. The summed E-state index contributed by atoms with van der Waals surface area (Å²) in [6.07, 6.45) is 5.53. The van der Waals surface area contributed by atoms with E-state index in [1.165, 1.54) is 17.1 Å². The van der Waals surface area contributed by atoms with Crippen LogP contribution in [0.5, 0.6) is 0 Å². The van der Waals surface area contributed by atoms with E-state index >= 15 is 0 Å². The fourth-order valence-corrected chi connectivity index (χ4v) is 2.52. The molecule has 102 valence electrons. The number of nitrogens with one attached hydrogen (secondary N) is 1. The molecule has 0 aromatic rings. The van der Waals surface area contributed by atoms with E-state index < -0.39 is 17.7 Å². The van der Waals surface area contributed by atoms with Crippen LogP contribution in [0.3, 0.4) is 0 Å². The maximum absolute atomic E-state index is 12.3. The molecule has 0 saturated carbocycles. The molecule has 0 aromatic carbocycles.